The van der Waals surface area contributed by atoms with Crippen LogP contribution >= 0.6 is 0 Å². The van der Waals surface area contributed by atoms with E-state index in [-0.39, 0.29) is 0 Å². The predicted molar refractivity (Wildman–Crippen MR) is 73.9 cm³/mol. The molecule has 3 aliphatic carbocycles. The van der Waals surface area contributed by atoms with Crippen LogP contribution in [0.15, 0.2) is 23.3 Å². The lowest BCUT2D eigenvalue weighted by molar-refractivity contribution is 0.0108. The van der Waals surface area contributed by atoms with Crippen molar-refractivity contribution in [3.63, 3.8) is 0 Å². The lowest BCUT2D eigenvalue weighted by atomic mass is 9.49. The molecule has 2 unspecified atom stereocenters. The van der Waals surface area contributed by atoms with E-state index in [9.17, 15) is 0 Å². The average Bonchev–Trinajstić information content (AvgIpc) is 2.28. The van der Waals surface area contributed by atoms with Gasteiger partial charge in [0.05, 0.1) is 0 Å². The van der Waals surface area contributed by atoms with Gasteiger partial charge in [-0.1, -0.05) is 50.5 Å². The SMILES string of the molecule is CC1(C)CCCC2(C)C3=C(CC=CC3)CCC12. The summed E-state index contributed by atoms with van der Waals surface area (Å²) in [5.74, 6) is 0.925. The first-order valence-electron chi connectivity index (χ1n) is 7.40. The molecule has 0 bridgehead atoms. The first kappa shape index (κ1) is 11.6. The lowest BCUT2D eigenvalue weighted by Gasteiger charge is -2.55. The zero-order valence-electron chi connectivity index (χ0n) is 11.7. The van der Waals surface area contributed by atoms with Crippen LogP contribution in [0.25, 0.3) is 0 Å². The molecule has 94 valence electrons. The minimum absolute atomic E-state index is 0.528. The number of hydrogen-bond acceptors (Lipinski definition) is 0. The first-order valence-corrected chi connectivity index (χ1v) is 7.40. The van der Waals surface area contributed by atoms with Crippen LogP contribution in [0.3, 0.4) is 0 Å². The lowest BCUT2D eigenvalue weighted by Crippen LogP contribution is -2.45. The highest BCUT2D eigenvalue weighted by atomic mass is 14.5. The number of rotatable bonds is 0. The second-order valence-corrected chi connectivity index (χ2v) is 7.31. The van der Waals surface area contributed by atoms with E-state index >= 15 is 0 Å². The van der Waals surface area contributed by atoms with Crippen LogP contribution in [-0.2, 0) is 0 Å². The molecule has 0 spiro atoms. The van der Waals surface area contributed by atoms with Crippen molar-refractivity contribution in [1.82, 2.24) is 0 Å². The van der Waals surface area contributed by atoms with Gasteiger partial charge < -0.3 is 0 Å². The Morgan fingerprint density at radius 3 is 2.65 bits per heavy atom. The number of hydrogen-bond donors (Lipinski definition) is 0. The molecule has 2 atom stereocenters. The fourth-order valence-electron chi connectivity index (χ4n) is 5.10. The maximum Gasteiger partial charge on any atom is -0.00770 e. The molecule has 3 rings (SSSR count). The summed E-state index contributed by atoms with van der Waals surface area (Å²) in [4.78, 5) is 0. The van der Waals surface area contributed by atoms with Gasteiger partial charge >= 0.3 is 0 Å². The maximum atomic E-state index is 2.58. The van der Waals surface area contributed by atoms with Crippen LogP contribution < -0.4 is 0 Å². The zero-order chi connectivity index (χ0) is 12.1. The van der Waals surface area contributed by atoms with Crippen LogP contribution in [0, 0.1) is 16.7 Å². The van der Waals surface area contributed by atoms with E-state index in [1.807, 2.05) is 5.57 Å². The van der Waals surface area contributed by atoms with Crippen molar-refractivity contribution in [2.75, 3.05) is 0 Å². The Hall–Kier alpha value is -0.520. The zero-order valence-corrected chi connectivity index (χ0v) is 11.7. The van der Waals surface area contributed by atoms with E-state index in [1.54, 1.807) is 5.57 Å². The second kappa shape index (κ2) is 3.73. The topological polar surface area (TPSA) is 0 Å². The first-order chi connectivity index (χ1) is 8.04. The predicted octanol–water partition coefficient (Wildman–Crippen LogP) is 5.26. The normalized spacial score (nSPS) is 39.8. The molecule has 0 heterocycles. The summed E-state index contributed by atoms with van der Waals surface area (Å²) in [6, 6.07) is 0. The van der Waals surface area contributed by atoms with Gasteiger partial charge in [0.25, 0.3) is 0 Å². The third kappa shape index (κ3) is 1.63. The molecule has 0 nitrogen and oxygen atoms in total. The van der Waals surface area contributed by atoms with Crippen LogP contribution in [0.1, 0.15) is 65.7 Å². The number of fused-ring (bicyclic) bond motifs is 2. The minimum atomic E-state index is 0.528. The molecule has 0 aromatic heterocycles. The summed E-state index contributed by atoms with van der Waals surface area (Å²) in [5.41, 5.74) is 4.72. The van der Waals surface area contributed by atoms with Gasteiger partial charge in [-0.25, -0.2) is 0 Å². The molecule has 17 heavy (non-hydrogen) atoms. The van der Waals surface area contributed by atoms with Crippen molar-refractivity contribution < 1.29 is 0 Å². The van der Waals surface area contributed by atoms with Gasteiger partial charge in [-0.15, -0.1) is 0 Å². The highest BCUT2D eigenvalue weighted by Gasteiger charge is 2.50. The molecule has 3 aliphatic rings. The Labute approximate surface area is 106 Å². The Morgan fingerprint density at radius 2 is 1.82 bits per heavy atom. The Kier molecular flexibility index (Phi) is 2.54. The second-order valence-electron chi connectivity index (χ2n) is 7.31. The number of allylic oxidation sites excluding steroid dienone is 4. The molecule has 0 heteroatoms. The van der Waals surface area contributed by atoms with Crippen LogP contribution in [0.4, 0.5) is 0 Å². The van der Waals surface area contributed by atoms with Crippen molar-refractivity contribution in [1.29, 1.82) is 0 Å². The standard InChI is InChI=1S/C17H26/c1-16(2)11-6-12-17(3)14-8-5-4-7-13(14)9-10-15(16)17/h4-5,15H,6-12H2,1-3H3. The van der Waals surface area contributed by atoms with Crippen molar-refractivity contribution in [2.45, 2.75) is 65.7 Å². The van der Waals surface area contributed by atoms with Gasteiger partial charge in [-0.3, -0.25) is 0 Å². The summed E-state index contributed by atoms with van der Waals surface area (Å²) < 4.78 is 0. The summed E-state index contributed by atoms with van der Waals surface area (Å²) >= 11 is 0. The molecular formula is C17H26. The summed E-state index contributed by atoms with van der Waals surface area (Å²) in [7, 11) is 0. The Bertz CT molecular complexity index is 383. The Balaban J connectivity index is 2.02. The van der Waals surface area contributed by atoms with E-state index in [0.717, 1.165) is 5.92 Å². The van der Waals surface area contributed by atoms with Crippen LogP contribution in [-0.4, -0.2) is 0 Å². The molecular weight excluding hydrogens is 204 g/mol. The fourth-order valence-corrected chi connectivity index (χ4v) is 5.10. The molecule has 0 amide bonds. The van der Waals surface area contributed by atoms with E-state index in [4.69, 9.17) is 0 Å². The van der Waals surface area contributed by atoms with Crippen molar-refractivity contribution in [3.8, 4) is 0 Å². The molecule has 0 saturated heterocycles. The fraction of sp³-hybridized carbons (Fsp3) is 0.765. The average molecular weight is 230 g/mol. The smallest absolute Gasteiger partial charge is 0.00770 e. The van der Waals surface area contributed by atoms with Crippen molar-refractivity contribution >= 4 is 0 Å². The molecule has 1 fully saturated rings. The molecule has 1 saturated carbocycles. The third-order valence-electron chi connectivity index (χ3n) is 5.93. The monoisotopic (exact) mass is 230 g/mol. The summed E-state index contributed by atoms with van der Waals surface area (Å²) in [6.45, 7) is 7.60. The molecule has 0 aliphatic heterocycles. The van der Waals surface area contributed by atoms with Gasteiger partial charge in [-0.05, 0) is 55.3 Å². The highest BCUT2D eigenvalue weighted by molar-refractivity contribution is 5.34. The van der Waals surface area contributed by atoms with Crippen LogP contribution in [0.2, 0.25) is 0 Å². The maximum absolute atomic E-state index is 2.58. The molecule has 0 N–H and O–H groups in total. The van der Waals surface area contributed by atoms with E-state index in [1.165, 1.54) is 44.9 Å². The minimum Gasteiger partial charge on any atom is -0.0841 e. The van der Waals surface area contributed by atoms with E-state index in [2.05, 4.69) is 32.9 Å². The van der Waals surface area contributed by atoms with Gasteiger partial charge in [0.2, 0.25) is 0 Å². The highest BCUT2D eigenvalue weighted by Crippen LogP contribution is 2.60. The van der Waals surface area contributed by atoms with Crippen molar-refractivity contribution in [2.24, 2.45) is 16.7 Å². The largest absolute Gasteiger partial charge is 0.0841 e. The summed E-state index contributed by atoms with van der Waals surface area (Å²) in [6.07, 6.45) is 14.4. The quantitative estimate of drug-likeness (QED) is 0.498. The molecule has 0 aromatic carbocycles. The third-order valence-corrected chi connectivity index (χ3v) is 5.93. The molecule has 0 aromatic rings. The molecule has 0 radical (unpaired) electrons. The van der Waals surface area contributed by atoms with E-state index < -0.39 is 0 Å². The van der Waals surface area contributed by atoms with Crippen LogP contribution in [0.5, 0.6) is 0 Å². The Morgan fingerprint density at radius 1 is 1.06 bits per heavy atom. The van der Waals surface area contributed by atoms with Gasteiger partial charge in [0.15, 0.2) is 0 Å². The van der Waals surface area contributed by atoms with Crippen molar-refractivity contribution in [3.05, 3.63) is 23.3 Å². The summed E-state index contributed by atoms with van der Waals surface area (Å²) in [5, 5.41) is 0. The van der Waals surface area contributed by atoms with E-state index in [0.29, 0.717) is 10.8 Å². The van der Waals surface area contributed by atoms with Gasteiger partial charge in [0.1, 0.15) is 0 Å². The van der Waals surface area contributed by atoms with Gasteiger partial charge in [-0.2, -0.15) is 0 Å². The van der Waals surface area contributed by atoms with Gasteiger partial charge in [0, 0.05) is 0 Å².